The molecular formula is C33H27FN2O4S. The molecule has 4 aromatic rings. The van der Waals surface area contributed by atoms with Gasteiger partial charge in [-0.3, -0.25) is 14.9 Å². The van der Waals surface area contributed by atoms with Gasteiger partial charge >= 0.3 is 0 Å². The largest absolute Gasteiger partial charge is 0.490 e. The monoisotopic (exact) mass is 566 g/mol. The van der Waals surface area contributed by atoms with Crippen molar-refractivity contribution >= 4 is 51.7 Å². The van der Waals surface area contributed by atoms with Gasteiger partial charge in [0.05, 0.1) is 12.3 Å². The van der Waals surface area contributed by atoms with Crippen LogP contribution in [0.25, 0.3) is 16.8 Å². The molecule has 41 heavy (non-hydrogen) atoms. The van der Waals surface area contributed by atoms with Gasteiger partial charge in [0.1, 0.15) is 18.0 Å². The van der Waals surface area contributed by atoms with Crippen molar-refractivity contribution in [2.45, 2.75) is 20.0 Å². The number of benzene rings is 4. The molecule has 206 valence electrons. The quantitative estimate of drug-likeness (QED) is 0.108. The van der Waals surface area contributed by atoms with E-state index in [0.29, 0.717) is 36.7 Å². The van der Waals surface area contributed by atoms with E-state index in [9.17, 15) is 14.0 Å². The van der Waals surface area contributed by atoms with Gasteiger partial charge in [-0.1, -0.05) is 54.6 Å². The van der Waals surface area contributed by atoms with E-state index in [-0.39, 0.29) is 16.4 Å². The maximum atomic E-state index is 14.5. The average Bonchev–Trinajstić information content (AvgIpc) is 2.96. The van der Waals surface area contributed by atoms with Crippen LogP contribution < -0.4 is 19.7 Å². The van der Waals surface area contributed by atoms with Gasteiger partial charge in [0.15, 0.2) is 16.6 Å². The number of fused-ring (bicyclic) bond motifs is 1. The molecule has 0 bridgehead atoms. The summed E-state index contributed by atoms with van der Waals surface area (Å²) >= 11 is 5.20. The number of hydrogen-bond acceptors (Lipinski definition) is 5. The molecule has 0 aliphatic carbocycles. The zero-order valence-electron chi connectivity index (χ0n) is 22.4. The fraction of sp³-hybridized carbons (Fsp3) is 0.121. The molecular weight excluding hydrogens is 539 g/mol. The smallest absolute Gasteiger partial charge is 0.270 e. The number of anilines is 1. The molecule has 5 rings (SSSR count). The number of nitrogens with zero attached hydrogens (tertiary/aromatic N) is 1. The lowest BCUT2D eigenvalue weighted by Crippen LogP contribution is -2.54. The molecule has 0 saturated carbocycles. The van der Waals surface area contributed by atoms with Gasteiger partial charge in [0.25, 0.3) is 11.8 Å². The van der Waals surface area contributed by atoms with E-state index in [1.807, 2.05) is 31.2 Å². The summed E-state index contributed by atoms with van der Waals surface area (Å²) in [7, 11) is 0. The Bertz CT molecular complexity index is 1720. The topological polar surface area (TPSA) is 67.9 Å². The van der Waals surface area contributed by atoms with Crippen LogP contribution in [0.3, 0.4) is 0 Å². The number of ether oxygens (including phenoxy) is 2. The summed E-state index contributed by atoms with van der Waals surface area (Å²) in [6, 6.07) is 23.5. The molecule has 4 aromatic carbocycles. The summed E-state index contributed by atoms with van der Waals surface area (Å²) in [4.78, 5) is 27.2. The zero-order chi connectivity index (χ0) is 28.9. The number of rotatable bonds is 9. The van der Waals surface area contributed by atoms with E-state index in [2.05, 4.69) is 36.2 Å². The third kappa shape index (κ3) is 5.88. The van der Waals surface area contributed by atoms with E-state index in [4.69, 9.17) is 21.7 Å². The number of thiocarbonyl (C=S) groups is 1. The summed E-state index contributed by atoms with van der Waals surface area (Å²) in [5.41, 5.74) is 2.05. The van der Waals surface area contributed by atoms with Crippen molar-refractivity contribution in [2.24, 2.45) is 0 Å². The fourth-order valence-corrected chi connectivity index (χ4v) is 4.93. The Morgan fingerprint density at radius 2 is 1.73 bits per heavy atom. The molecule has 0 aromatic heterocycles. The van der Waals surface area contributed by atoms with Crippen molar-refractivity contribution in [3.8, 4) is 11.5 Å². The zero-order valence-corrected chi connectivity index (χ0v) is 23.2. The van der Waals surface area contributed by atoms with E-state index in [0.717, 1.165) is 26.8 Å². The minimum Gasteiger partial charge on any atom is -0.490 e. The molecule has 8 heteroatoms. The van der Waals surface area contributed by atoms with Gasteiger partial charge < -0.3 is 9.47 Å². The van der Waals surface area contributed by atoms with E-state index in [1.54, 1.807) is 18.2 Å². The third-order valence-corrected chi connectivity index (χ3v) is 6.81. The summed E-state index contributed by atoms with van der Waals surface area (Å²) in [6.07, 6.45) is 3.63. The molecule has 0 atom stereocenters. The van der Waals surface area contributed by atoms with Crippen molar-refractivity contribution in [3.63, 3.8) is 0 Å². The van der Waals surface area contributed by atoms with Crippen molar-refractivity contribution in [1.82, 2.24) is 5.32 Å². The predicted octanol–water partition coefficient (Wildman–Crippen LogP) is 6.52. The molecule has 1 heterocycles. The number of allylic oxidation sites excluding steroid dienone is 1. The van der Waals surface area contributed by atoms with Crippen LogP contribution in [0, 0.1) is 5.82 Å². The second-order valence-electron chi connectivity index (χ2n) is 9.31. The summed E-state index contributed by atoms with van der Waals surface area (Å²) in [5.74, 6) is -1.03. The number of carbonyl (C=O) groups is 2. The van der Waals surface area contributed by atoms with Gasteiger partial charge in [-0.15, -0.1) is 6.58 Å². The number of carbonyl (C=O) groups excluding carboxylic acids is 2. The van der Waals surface area contributed by atoms with Crippen LogP contribution >= 0.6 is 12.2 Å². The first-order valence-electron chi connectivity index (χ1n) is 13.1. The van der Waals surface area contributed by atoms with Crippen LogP contribution in [0.4, 0.5) is 10.1 Å². The molecule has 6 nitrogen and oxygen atoms in total. The van der Waals surface area contributed by atoms with Gasteiger partial charge in [-0.2, -0.15) is 0 Å². The highest BCUT2D eigenvalue weighted by Crippen LogP contribution is 2.36. The molecule has 0 unspecified atom stereocenters. The van der Waals surface area contributed by atoms with Crippen LogP contribution in [0.1, 0.15) is 23.6 Å². The Labute approximate surface area is 242 Å². The fourth-order valence-electron chi connectivity index (χ4n) is 4.66. The standard InChI is InChI=1S/C33H27FN2O4S/c1-3-9-25-17-22(18-26-31(37)35-33(41)36(32(26)38)28-13-8-7-12-27(28)34)19-29(39-4-2)30(25)40-20-21-14-15-23-10-5-6-11-24(23)16-21/h3,5-8,10-19H,1,4,9,20H2,2H3,(H,35,37,41)/b26-18+. The minimum atomic E-state index is -0.733. The number of para-hydroxylation sites is 1. The molecule has 1 fully saturated rings. The number of halogens is 1. The highest BCUT2D eigenvalue weighted by molar-refractivity contribution is 7.80. The Morgan fingerprint density at radius 3 is 2.49 bits per heavy atom. The highest BCUT2D eigenvalue weighted by Gasteiger charge is 2.35. The summed E-state index contributed by atoms with van der Waals surface area (Å²) < 4.78 is 26.8. The Balaban J connectivity index is 1.50. The normalized spacial score (nSPS) is 14.3. The number of hydrogen-bond donors (Lipinski definition) is 1. The van der Waals surface area contributed by atoms with Gasteiger partial charge in [0.2, 0.25) is 0 Å². The lowest BCUT2D eigenvalue weighted by molar-refractivity contribution is -0.122. The third-order valence-electron chi connectivity index (χ3n) is 6.52. The molecule has 1 aliphatic heterocycles. The van der Waals surface area contributed by atoms with Gasteiger partial charge in [-0.25, -0.2) is 9.29 Å². The summed E-state index contributed by atoms with van der Waals surface area (Å²) in [6.45, 7) is 6.41. The Hall–Kier alpha value is -4.82. The number of amides is 2. The predicted molar refractivity (Wildman–Crippen MR) is 162 cm³/mol. The SMILES string of the molecule is C=CCc1cc(/C=C2\C(=O)NC(=S)N(c3ccccc3F)C2=O)cc(OCC)c1OCc1ccc2ccccc2c1. The molecule has 1 N–H and O–H groups in total. The second kappa shape index (κ2) is 12.1. The van der Waals surface area contributed by atoms with Crippen LogP contribution in [-0.2, 0) is 22.6 Å². The number of nitrogens with one attached hydrogen (secondary N) is 1. The van der Waals surface area contributed by atoms with Crippen LogP contribution in [0.2, 0.25) is 0 Å². The second-order valence-corrected chi connectivity index (χ2v) is 9.70. The minimum absolute atomic E-state index is 0.0480. The van der Waals surface area contributed by atoms with Gasteiger partial charge in [0, 0.05) is 5.56 Å². The van der Waals surface area contributed by atoms with Crippen molar-refractivity contribution < 1.29 is 23.5 Å². The van der Waals surface area contributed by atoms with Crippen LogP contribution in [-0.4, -0.2) is 23.5 Å². The molecule has 0 radical (unpaired) electrons. The van der Waals surface area contributed by atoms with Crippen LogP contribution in [0.15, 0.2) is 97.1 Å². The summed E-state index contributed by atoms with van der Waals surface area (Å²) in [5, 5.41) is 4.56. The van der Waals surface area contributed by atoms with E-state index in [1.165, 1.54) is 24.3 Å². The van der Waals surface area contributed by atoms with Gasteiger partial charge in [-0.05, 0) is 83.9 Å². The maximum absolute atomic E-state index is 14.5. The van der Waals surface area contributed by atoms with E-state index >= 15 is 0 Å². The molecule has 2 amide bonds. The van der Waals surface area contributed by atoms with Crippen molar-refractivity contribution in [1.29, 1.82) is 0 Å². The first-order valence-corrected chi connectivity index (χ1v) is 13.5. The first-order chi connectivity index (χ1) is 19.9. The highest BCUT2D eigenvalue weighted by atomic mass is 32.1. The van der Waals surface area contributed by atoms with Crippen molar-refractivity contribution in [2.75, 3.05) is 11.5 Å². The lowest BCUT2D eigenvalue weighted by atomic mass is 10.0. The average molecular weight is 567 g/mol. The van der Waals surface area contributed by atoms with E-state index < -0.39 is 17.6 Å². The van der Waals surface area contributed by atoms with Crippen molar-refractivity contribution in [3.05, 3.63) is 120 Å². The molecule has 1 saturated heterocycles. The Morgan fingerprint density at radius 1 is 0.976 bits per heavy atom. The Kier molecular flexibility index (Phi) is 8.21. The lowest BCUT2D eigenvalue weighted by Gasteiger charge is -2.29. The van der Waals surface area contributed by atoms with Crippen LogP contribution in [0.5, 0.6) is 11.5 Å². The molecule has 0 spiro atoms. The first kappa shape index (κ1) is 27.7. The molecule has 1 aliphatic rings. The maximum Gasteiger partial charge on any atom is 0.270 e.